The third-order valence-electron chi connectivity index (χ3n) is 9.91. The number of ether oxygens (including phenoxy) is 2. The van der Waals surface area contributed by atoms with Crippen molar-refractivity contribution in [2.45, 2.75) is 219 Å². The van der Waals surface area contributed by atoms with Crippen LogP contribution in [0.25, 0.3) is 0 Å². The molecule has 52 heavy (non-hydrogen) atoms. The van der Waals surface area contributed by atoms with Gasteiger partial charge in [-0.15, -0.1) is 0 Å². The van der Waals surface area contributed by atoms with Crippen molar-refractivity contribution >= 4 is 13.8 Å². The molecule has 0 aromatic heterocycles. The Hall–Kier alpha value is -0.500. The van der Waals surface area contributed by atoms with E-state index in [1.165, 1.54) is 161 Å². The minimum Gasteiger partial charge on any atom is -0.756 e. The first kappa shape index (κ1) is 51.5. The van der Waals surface area contributed by atoms with E-state index in [0.29, 0.717) is 24.1 Å². The van der Waals surface area contributed by atoms with Gasteiger partial charge >= 0.3 is 5.97 Å². The van der Waals surface area contributed by atoms with Crippen LogP contribution in [0.3, 0.4) is 0 Å². The third kappa shape index (κ3) is 40.7. The van der Waals surface area contributed by atoms with Gasteiger partial charge < -0.3 is 27.9 Å². The minimum absolute atomic E-state index is 0.0313. The molecule has 0 radical (unpaired) electrons. The summed E-state index contributed by atoms with van der Waals surface area (Å²) in [6.07, 6.45) is 38.2. The molecule has 2 unspecified atom stereocenters. The summed E-state index contributed by atoms with van der Waals surface area (Å²) in [4.78, 5) is 25.0. The van der Waals surface area contributed by atoms with Crippen LogP contribution in [0.2, 0.25) is 0 Å². The standard InChI is InChI=1S/C43H88NO7P/c1-6-8-10-12-14-16-18-20-21-22-23-24-25-26-28-30-32-34-36-43(45)51-42(41-50-52(46,47)49-39-37-44(3,4)5)40-48-38-35-33-31-29-27-19-17-15-13-11-9-7-2/h42H,6-41H2,1-5H3. The second-order valence-corrected chi connectivity index (χ2v) is 17.8. The van der Waals surface area contributed by atoms with Crippen molar-refractivity contribution in [3.63, 3.8) is 0 Å². The summed E-state index contributed by atoms with van der Waals surface area (Å²) in [7, 11) is 1.37. The van der Waals surface area contributed by atoms with E-state index >= 15 is 0 Å². The first-order chi connectivity index (χ1) is 25.1. The van der Waals surface area contributed by atoms with Crippen LogP contribution >= 0.6 is 7.82 Å². The molecule has 8 nitrogen and oxygen atoms in total. The van der Waals surface area contributed by atoms with Crippen LogP contribution < -0.4 is 4.89 Å². The van der Waals surface area contributed by atoms with Gasteiger partial charge in [-0.05, 0) is 12.8 Å². The highest BCUT2D eigenvalue weighted by atomic mass is 31.2. The van der Waals surface area contributed by atoms with Crippen LogP contribution in [0.1, 0.15) is 213 Å². The number of quaternary nitrogens is 1. The van der Waals surface area contributed by atoms with Crippen LogP contribution in [0.15, 0.2) is 0 Å². The molecule has 0 aliphatic carbocycles. The zero-order valence-corrected chi connectivity index (χ0v) is 36.2. The average molecular weight is 762 g/mol. The predicted octanol–water partition coefficient (Wildman–Crippen LogP) is 12.3. The van der Waals surface area contributed by atoms with Crippen LogP contribution in [-0.4, -0.2) is 70.7 Å². The van der Waals surface area contributed by atoms with Crippen LogP contribution in [0.5, 0.6) is 0 Å². The lowest BCUT2D eigenvalue weighted by Crippen LogP contribution is -2.37. The summed E-state index contributed by atoms with van der Waals surface area (Å²) in [6.45, 7) is 5.46. The Morgan fingerprint density at radius 1 is 0.519 bits per heavy atom. The molecule has 0 aliphatic heterocycles. The molecule has 0 aliphatic rings. The predicted molar refractivity (Wildman–Crippen MR) is 218 cm³/mol. The van der Waals surface area contributed by atoms with E-state index in [2.05, 4.69) is 13.8 Å². The lowest BCUT2D eigenvalue weighted by atomic mass is 10.0. The molecule has 0 saturated heterocycles. The van der Waals surface area contributed by atoms with E-state index < -0.39 is 13.9 Å². The van der Waals surface area contributed by atoms with Gasteiger partial charge in [0, 0.05) is 13.0 Å². The second kappa shape index (κ2) is 37.4. The molecule has 0 saturated carbocycles. The lowest BCUT2D eigenvalue weighted by Gasteiger charge is -2.28. The summed E-state index contributed by atoms with van der Waals surface area (Å²) in [5, 5.41) is 0. The molecule has 0 amide bonds. The van der Waals surface area contributed by atoms with Gasteiger partial charge in [0.2, 0.25) is 0 Å². The Balaban J connectivity index is 4.15. The second-order valence-electron chi connectivity index (χ2n) is 16.4. The van der Waals surface area contributed by atoms with Gasteiger partial charge in [0.1, 0.15) is 19.3 Å². The Bertz CT molecular complexity index is 807. The summed E-state index contributed by atoms with van der Waals surface area (Å²) in [5.74, 6) is -0.328. The number of hydrogen-bond donors (Lipinski definition) is 0. The Morgan fingerprint density at radius 2 is 0.885 bits per heavy atom. The maximum Gasteiger partial charge on any atom is 0.306 e. The molecule has 0 N–H and O–H groups in total. The summed E-state index contributed by atoms with van der Waals surface area (Å²) in [5.41, 5.74) is 0. The molecule has 0 bridgehead atoms. The molecule has 9 heteroatoms. The number of likely N-dealkylation sites (N-methyl/N-ethyl adjacent to an activating group) is 1. The average Bonchev–Trinajstić information content (AvgIpc) is 3.09. The Morgan fingerprint density at radius 3 is 1.27 bits per heavy atom. The smallest absolute Gasteiger partial charge is 0.306 e. The molecule has 0 aromatic rings. The normalized spacial score (nSPS) is 13.7. The van der Waals surface area contributed by atoms with Crippen molar-refractivity contribution in [3.8, 4) is 0 Å². The fraction of sp³-hybridized carbons (Fsp3) is 0.977. The maximum absolute atomic E-state index is 12.7. The molecular weight excluding hydrogens is 673 g/mol. The number of phosphoric ester groups is 1. The molecule has 0 rings (SSSR count). The lowest BCUT2D eigenvalue weighted by molar-refractivity contribution is -0.870. The first-order valence-corrected chi connectivity index (χ1v) is 23.7. The fourth-order valence-electron chi connectivity index (χ4n) is 6.43. The Labute approximate surface area is 323 Å². The molecule has 0 heterocycles. The topological polar surface area (TPSA) is 94.1 Å². The van der Waals surface area contributed by atoms with Crippen molar-refractivity contribution in [1.82, 2.24) is 0 Å². The largest absolute Gasteiger partial charge is 0.756 e. The number of carbonyl (C=O) groups is 1. The van der Waals surface area contributed by atoms with E-state index in [-0.39, 0.29) is 25.8 Å². The highest BCUT2D eigenvalue weighted by Crippen LogP contribution is 2.38. The number of nitrogens with zero attached hydrogens (tertiary/aromatic N) is 1. The SMILES string of the molecule is CCCCCCCCCCCCCCCCCCCCC(=O)OC(COCCCCCCCCCCCCCC)COP(=O)([O-])OCC[N+](C)(C)C. The van der Waals surface area contributed by atoms with Crippen LogP contribution in [0.4, 0.5) is 0 Å². The van der Waals surface area contributed by atoms with Gasteiger partial charge in [-0.3, -0.25) is 9.36 Å². The van der Waals surface area contributed by atoms with Crippen molar-refractivity contribution in [3.05, 3.63) is 0 Å². The quantitative estimate of drug-likeness (QED) is 0.0264. The number of unbranched alkanes of at least 4 members (excludes halogenated alkanes) is 28. The number of carbonyl (C=O) groups excluding carboxylic acids is 1. The number of hydrogen-bond acceptors (Lipinski definition) is 7. The van der Waals surface area contributed by atoms with E-state index in [1.54, 1.807) is 0 Å². The van der Waals surface area contributed by atoms with Crippen molar-refractivity contribution < 1.29 is 37.3 Å². The highest BCUT2D eigenvalue weighted by molar-refractivity contribution is 7.45. The molecule has 312 valence electrons. The van der Waals surface area contributed by atoms with Gasteiger partial charge in [0.25, 0.3) is 7.82 Å². The molecule has 0 spiro atoms. The molecule has 0 fully saturated rings. The minimum atomic E-state index is -4.51. The monoisotopic (exact) mass is 762 g/mol. The summed E-state index contributed by atoms with van der Waals surface area (Å²) < 4.78 is 34.6. The molecule has 2 atom stereocenters. The number of esters is 1. The fourth-order valence-corrected chi connectivity index (χ4v) is 7.16. The molecular formula is C43H88NO7P. The van der Waals surface area contributed by atoms with Crippen molar-refractivity contribution in [1.29, 1.82) is 0 Å². The Kier molecular flexibility index (Phi) is 37.1. The van der Waals surface area contributed by atoms with Gasteiger partial charge in [-0.2, -0.15) is 0 Å². The molecule has 0 aromatic carbocycles. The van der Waals surface area contributed by atoms with E-state index in [1.807, 2.05) is 21.1 Å². The van der Waals surface area contributed by atoms with Crippen LogP contribution in [0, 0.1) is 0 Å². The van der Waals surface area contributed by atoms with Crippen molar-refractivity contribution in [2.75, 3.05) is 54.1 Å². The third-order valence-corrected chi connectivity index (χ3v) is 10.9. The van der Waals surface area contributed by atoms with E-state index in [0.717, 1.165) is 32.1 Å². The zero-order valence-electron chi connectivity index (χ0n) is 35.3. The number of rotatable bonds is 42. The van der Waals surface area contributed by atoms with Crippen molar-refractivity contribution in [2.24, 2.45) is 0 Å². The summed E-state index contributed by atoms with van der Waals surface area (Å²) >= 11 is 0. The first-order valence-electron chi connectivity index (χ1n) is 22.3. The van der Waals surface area contributed by atoms with E-state index in [9.17, 15) is 14.3 Å². The van der Waals surface area contributed by atoms with Gasteiger partial charge in [0.05, 0.1) is 34.4 Å². The van der Waals surface area contributed by atoms with Gasteiger partial charge in [-0.1, -0.05) is 194 Å². The summed E-state index contributed by atoms with van der Waals surface area (Å²) in [6, 6.07) is 0. The van der Waals surface area contributed by atoms with Gasteiger partial charge in [0.15, 0.2) is 0 Å². The van der Waals surface area contributed by atoms with Crippen LogP contribution in [-0.2, 0) is 27.9 Å². The number of phosphoric acid groups is 1. The van der Waals surface area contributed by atoms with E-state index in [4.69, 9.17) is 18.5 Å². The van der Waals surface area contributed by atoms with Gasteiger partial charge in [-0.25, -0.2) is 0 Å². The maximum atomic E-state index is 12.7. The zero-order chi connectivity index (χ0) is 38.4. The highest BCUT2D eigenvalue weighted by Gasteiger charge is 2.20.